The second-order valence-corrected chi connectivity index (χ2v) is 6.13. The van der Waals surface area contributed by atoms with E-state index in [0.29, 0.717) is 16.9 Å². The SMILES string of the molecule is COc1cc2ccccc2cc1C(=O)NNC(=O)c1ccc(C)cc1C. The molecular weight excluding hydrogens is 328 g/mol. The fourth-order valence-corrected chi connectivity index (χ4v) is 2.88. The van der Waals surface area contributed by atoms with E-state index in [9.17, 15) is 9.59 Å². The van der Waals surface area contributed by atoms with Crippen LogP contribution in [0.3, 0.4) is 0 Å². The molecule has 3 aromatic rings. The summed E-state index contributed by atoms with van der Waals surface area (Å²) in [6, 6.07) is 16.7. The molecule has 0 aliphatic rings. The van der Waals surface area contributed by atoms with Gasteiger partial charge in [-0.05, 0) is 48.4 Å². The van der Waals surface area contributed by atoms with Gasteiger partial charge in [0, 0.05) is 5.56 Å². The molecule has 0 radical (unpaired) electrons. The molecule has 0 saturated carbocycles. The topological polar surface area (TPSA) is 67.4 Å². The van der Waals surface area contributed by atoms with Crippen molar-refractivity contribution < 1.29 is 14.3 Å². The van der Waals surface area contributed by atoms with Crippen LogP contribution >= 0.6 is 0 Å². The molecule has 0 bridgehead atoms. The number of hydrazine groups is 1. The lowest BCUT2D eigenvalue weighted by Gasteiger charge is -2.12. The minimum atomic E-state index is -0.439. The van der Waals surface area contributed by atoms with Crippen molar-refractivity contribution in [3.8, 4) is 5.75 Å². The summed E-state index contributed by atoms with van der Waals surface area (Å²) in [6.45, 7) is 3.82. The Hall–Kier alpha value is -3.34. The Labute approximate surface area is 152 Å². The van der Waals surface area contributed by atoms with E-state index in [-0.39, 0.29) is 5.91 Å². The lowest BCUT2D eigenvalue weighted by molar-refractivity contribution is 0.0844. The number of hydrogen-bond donors (Lipinski definition) is 2. The van der Waals surface area contributed by atoms with Crippen LogP contribution in [0.5, 0.6) is 5.75 Å². The van der Waals surface area contributed by atoms with Crippen LogP contribution in [-0.2, 0) is 0 Å². The maximum absolute atomic E-state index is 12.5. The highest BCUT2D eigenvalue weighted by Gasteiger charge is 2.15. The van der Waals surface area contributed by atoms with E-state index in [4.69, 9.17) is 4.74 Å². The predicted octanol–water partition coefficient (Wildman–Crippen LogP) is 3.54. The summed E-state index contributed by atoms with van der Waals surface area (Å²) in [6.07, 6.45) is 0. The third kappa shape index (κ3) is 3.52. The number of aryl methyl sites for hydroxylation is 2. The molecule has 2 N–H and O–H groups in total. The number of hydrogen-bond acceptors (Lipinski definition) is 3. The van der Waals surface area contributed by atoms with Crippen molar-refractivity contribution in [2.75, 3.05) is 7.11 Å². The third-order valence-corrected chi connectivity index (χ3v) is 4.23. The molecule has 0 heterocycles. The van der Waals surface area contributed by atoms with Crippen LogP contribution in [0.25, 0.3) is 10.8 Å². The molecule has 0 saturated heterocycles. The second kappa shape index (κ2) is 7.27. The Morgan fingerprint density at radius 2 is 1.42 bits per heavy atom. The molecule has 132 valence electrons. The van der Waals surface area contributed by atoms with Crippen molar-refractivity contribution in [1.82, 2.24) is 10.9 Å². The van der Waals surface area contributed by atoms with Crippen LogP contribution in [0.2, 0.25) is 0 Å². The van der Waals surface area contributed by atoms with Crippen molar-refractivity contribution in [2.45, 2.75) is 13.8 Å². The maximum Gasteiger partial charge on any atom is 0.273 e. The molecule has 5 nitrogen and oxygen atoms in total. The summed E-state index contributed by atoms with van der Waals surface area (Å²) < 4.78 is 5.32. The monoisotopic (exact) mass is 348 g/mol. The molecule has 0 aromatic heterocycles. The molecule has 0 atom stereocenters. The minimum absolute atomic E-state index is 0.354. The van der Waals surface area contributed by atoms with Gasteiger partial charge in [0.2, 0.25) is 0 Å². The number of ether oxygens (including phenoxy) is 1. The summed E-state index contributed by atoms with van der Waals surface area (Å²) in [5, 5.41) is 1.89. The van der Waals surface area contributed by atoms with Crippen LogP contribution in [0.1, 0.15) is 31.8 Å². The van der Waals surface area contributed by atoms with E-state index in [1.54, 1.807) is 18.2 Å². The van der Waals surface area contributed by atoms with Crippen LogP contribution in [0, 0.1) is 13.8 Å². The largest absolute Gasteiger partial charge is 0.496 e. The zero-order valence-electron chi connectivity index (χ0n) is 14.9. The Bertz CT molecular complexity index is 996. The molecule has 3 aromatic carbocycles. The summed E-state index contributed by atoms with van der Waals surface area (Å²) in [5.41, 5.74) is 7.71. The first-order valence-corrected chi connectivity index (χ1v) is 8.24. The number of amides is 2. The molecule has 0 aliphatic heterocycles. The first-order valence-electron chi connectivity index (χ1n) is 8.24. The van der Waals surface area contributed by atoms with Crippen molar-refractivity contribution in [3.63, 3.8) is 0 Å². The lowest BCUT2D eigenvalue weighted by atomic mass is 10.1. The minimum Gasteiger partial charge on any atom is -0.496 e. The molecule has 0 unspecified atom stereocenters. The first kappa shape index (κ1) is 17.5. The molecule has 0 spiro atoms. The number of methoxy groups -OCH3 is 1. The van der Waals surface area contributed by atoms with E-state index >= 15 is 0 Å². The van der Waals surface area contributed by atoms with Gasteiger partial charge in [-0.25, -0.2) is 0 Å². The summed E-state index contributed by atoms with van der Waals surface area (Å²) in [5.74, 6) is -0.358. The fourth-order valence-electron chi connectivity index (χ4n) is 2.88. The van der Waals surface area contributed by atoms with Gasteiger partial charge in [-0.2, -0.15) is 0 Å². The van der Waals surface area contributed by atoms with Gasteiger partial charge in [0.15, 0.2) is 0 Å². The van der Waals surface area contributed by atoms with Crippen molar-refractivity contribution >= 4 is 22.6 Å². The van der Waals surface area contributed by atoms with E-state index < -0.39 is 5.91 Å². The number of carbonyl (C=O) groups is 2. The first-order chi connectivity index (χ1) is 12.5. The Morgan fingerprint density at radius 3 is 2.04 bits per heavy atom. The highest BCUT2D eigenvalue weighted by molar-refractivity contribution is 6.03. The average molecular weight is 348 g/mol. The van der Waals surface area contributed by atoms with E-state index in [0.717, 1.165) is 21.9 Å². The normalized spacial score (nSPS) is 10.4. The number of rotatable bonds is 3. The average Bonchev–Trinajstić information content (AvgIpc) is 2.64. The molecular formula is C21H20N2O3. The summed E-state index contributed by atoms with van der Waals surface area (Å²) in [4.78, 5) is 24.9. The van der Waals surface area contributed by atoms with Gasteiger partial charge in [-0.1, -0.05) is 42.0 Å². The molecule has 0 fully saturated rings. The van der Waals surface area contributed by atoms with E-state index in [2.05, 4.69) is 10.9 Å². The van der Waals surface area contributed by atoms with E-state index in [1.807, 2.05) is 50.2 Å². The van der Waals surface area contributed by atoms with Gasteiger partial charge in [-0.15, -0.1) is 0 Å². The van der Waals surface area contributed by atoms with Crippen LogP contribution in [0.15, 0.2) is 54.6 Å². The molecule has 0 aliphatic carbocycles. The zero-order chi connectivity index (χ0) is 18.7. The molecule has 26 heavy (non-hydrogen) atoms. The van der Waals surface area contributed by atoms with Crippen LogP contribution in [-0.4, -0.2) is 18.9 Å². The highest BCUT2D eigenvalue weighted by atomic mass is 16.5. The van der Waals surface area contributed by atoms with Gasteiger partial charge in [-0.3, -0.25) is 20.4 Å². The molecule has 2 amide bonds. The standard InChI is InChI=1S/C21H20N2O3/c1-13-8-9-17(14(2)10-13)20(24)22-23-21(25)18-11-15-6-4-5-7-16(15)12-19(18)26-3/h4-12H,1-3H3,(H,22,24)(H,23,25). The van der Waals surface area contributed by atoms with Crippen molar-refractivity contribution in [1.29, 1.82) is 0 Å². The van der Waals surface area contributed by atoms with Crippen LogP contribution in [0.4, 0.5) is 0 Å². The fraction of sp³-hybridized carbons (Fsp3) is 0.143. The number of fused-ring (bicyclic) bond motifs is 1. The van der Waals surface area contributed by atoms with Gasteiger partial charge >= 0.3 is 0 Å². The number of carbonyl (C=O) groups excluding carboxylic acids is 2. The Morgan fingerprint density at radius 1 is 0.808 bits per heavy atom. The van der Waals surface area contributed by atoms with Gasteiger partial charge < -0.3 is 4.74 Å². The van der Waals surface area contributed by atoms with Gasteiger partial charge in [0.05, 0.1) is 12.7 Å². The lowest BCUT2D eigenvalue weighted by Crippen LogP contribution is -2.42. The van der Waals surface area contributed by atoms with Crippen molar-refractivity contribution in [3.05, 3.63) is 76.9 Å². The zero-order valence-corrected chi connectivity index (χ0v) is 14.9. The van der Waals surface area contributed by atoms with Gasteiger partial charge in [0.1, 0.15) is 5.75 Å². The summed E-state index contributed by atoms with van der Waals surface area (Å²) in [7, 11) is 1.51. The third-order valence-electron chi connectivity index (χ3n) is 4.23. The predicted molar refractivity (Wildman–Crippen MR) is 101 cm³/mol. The van der Waals surface area contributed by atoms with Crippen LogP contribution < -0.4 is 15.6 Å². The maximum atomic E-state index is 12.5. The van der Waals surface area contributed by atoms with Crippen molar-refractivity contribution in [2.24, 2.45) is 0 Å². The smallest absolute Gasteiger partial charge is 0.273 e. The molecule has 3 rings (SSSR count). The highest BCUT2D eigenvalue weighted by Crippen LogP contribution is 2.25. The Balaban J connectivity index is 1.79. The molecule has 5 heteroatoms. The second-order valence-electron chi connectivity index (χ2n) is 6.13. The number of benzene rings is 3. The number of nitrogens with one attached hydrogen (secondary N) is 2. The van der Waals surface area contributed by atoms with Gasteiger partial charge in [0.25, 0.3) is 11.8 Å². The quantitative estimate of drug-likeness (QED) is 0.712. The Kier molecular flexibility index (Phi) is 4.89. The van der Waals surface area contributed by atoms with E-state index in [1.165, 1.54) is 7.11 Å². The summed E-state index contributed by atoms with van der Waals surface area (Å²) >= 11 is 0.